The van der Waals surface area contributed by atoms with E-state index in [-0.39, 0.29) is 16.6 Å². The van der Waals surface area contributed by atoms with Crippen molar-refractivity contribution in [2.24, 2.45) is 0 Å². The summed E-state index contributed by atoms with van der Waals surface area (Å²) in [5.41, 5.74) is -0.0206. The first kappa shape index (κ1) is 18.1. The Morgan fingerprint density at radius 1 is 1.43 bits per heavy atom. The summed E-state index contributed by atoms with van der Waals surface area (Å²) in [6.07, 6.45) is 5.08. The van der Waals surface area contributed by atoms with Crippen LogP contribution in [0.4, 0.5) is 0 Å². The van der Waals surface area contributed by atoms with Crippen LogP contribution in [-0.2, 0) is 10.0 Å². The number of carbonyl (C=O) groups is 1. The van der Waals surface area contributed by atoms with Gasteiger partial charge in [-0.2, -0.15) is 11.8 Å². The highest BCUT2D eigenvalue weighted by molar-refractivity contribution is 7.98. The summed E-state index contributed by atoms with van der Waals surface area (Å²) in [4.78, 5) is 11.2. The predicted molar refractivity (Wildman–Crippen MR) is 84.6 cm³/mol. The Balaban J connectivity index is 2.84. The fraction of sp³-hybridized carbons (Fsp3) is 0.615. The maximum Gasteiger partial charge on any atom is 0.352 e. The number of carboxylic acids is 1. The van der Waals surface area contributed by atoms with E-state index < -0.39 is 16.0 Å². The SMILES string of the molecule is CSCCCCNS(=O)(=O)c1cc(C(=O)O)n(C(C)C)c1. The second kappa shape index (κ2) is 7.86. The number of aromatic carboxylic acids is 1. The second-order valence-corrected chi connectivity index (χ2v) is 7.72. The molecule has 1 aromatic rings. The molecule has 6 nitrogen and oxygen atoms in total. The lowest BCUT2D eigenvalue weighted by Crippen LogP contribution is -2.24. The zero-order chi connectivity index (χ0) is 16.0. The summed E-state index contributed by atoms with van der Waals surface area (Å²) >= 11 is 1.72. The van der Waals surface area contributed by atoms with E-state index in [1.807, 2.05) is 6.26 Å². The first-order chi connectivity index (χ1) is 9.79. The maximum absolute atomic E-state index is 12.2. The molecule has 0 bridgehead atoms. The third-order valence-electron chi connectivity index (χ3n) is 2.98. The molecule has 0 unspecified atom stereocenters. The van der Waals surface area contributed by atoms with Gasteiger partial charge < -0.3 is 9.67 Å². The number of carboxylic acid groups (broad SMARTS) is 1. The van der Waals surface area contributed by atoms with Gasteiger partial charge in [-0.1, -0.05) is 0 Å². The molecule has 2 N–H and O–H groups in total. The molecular weight excluding hydrogens is 312 g/mol. The van der Waals surface area contributed by atoms with Crippen LogP contribution in [0.5, 0.6) is 0 Å². The van der Waals surface area contributed by atoms with Crippen molar-refractivity contribution in [2.45, 2.75) is 37.6 Å². The summed E-state index contributed by atoms with van der Waals surface area (Å²) in [7, 11) is -3.66. The molecular formula is C13H22N2O4S2. The van der Waals surface area contributed by atoms with Crippen molar-refractivity contribution in [1.29, 1.82) is 0 Å². The first-order valence-electron chi connectivity index (χ1n) is 6.73. The van der Waals surface area contributed by atoms with Gasteiger partial charge in [-0.05, 0) is 44.8 Å². The molecule has 0 aliphatic heterocycles. The molecule has 0 saturated heterocycles. The lowest BCUT2D eigenvalue weighted by Gasteiger charge is -2.09. The minimum Gasteiger partial charge on any atom is -0.477 e. The number of unbranched alkanes of at least 4 members (excludes halogenated alkanes) is 1. The molecule has 0 amide bonds. The van der Waals surface area contributed by atoms with E-state index in [2.05, 4.69) is 4.72 Å². The number of sulfonamides is 1. The van der Waals surface area contributed by atoms with Gasteiger partial charge in [0, 0.05) is 18.8 Å². The van der Waals surface area contributed by atoms with E-state index in [1.54, 1.807) is 25.6 Å². The van der Waals surface area contributed by atoms with Crippen molar-refractivity contribution in [1.82, 2.24) is 9.29 Å². The highest BCUT2D eigenvalue weighted by atomic mass is 32.2. The molecule has 1 rings (SSSR count). The van der Waals surface area contributed by atoms with Crippen molar-refractivity contribution < 1.29 is 18.3 Å². The molecule has 0 aliphatic rings. The van der Waals surface area contributed by atoms with Gasteiger partial charge in [0.15, 0.2) is 0 Å². The average Bonchev–Trinajstić information content (AvgIpc) is 2.84. The normalized spacial score (nSPS) is 12.0. The van der Waals surface area contributed by atoms with Crippen LogP contribution in [0.3, 0.4) is 0 Å². The first-order valence-corrected chi connectivity index (χ1v) is 9.61. The van der Waals surface area contributed by atoms with Crippen molar-refractivity contribution in [2.75, 3.05) is 18.6 Å². The van der Waals surface area contributed by atoms with Crippen molar-refractivity contribution >= 4 is 27.8 Å². The number of hydrogen-bond acceptors (Lipinski definition) is 4. The largest absolute Gasteiger partial charge is 0.477 e. The molecule has 0 atom stereocenters. The number of rotatable bonds is 9. The molecule has 0 radical (unpaired) electrons. The van der Waals surface area contributed by atoms with Crippen LogP contribution in [-0.4, -0.2) is 42.6 Å². The van der Waals surface area contributed by atoms with Gasteiger partial charge in [-0.25, -0.2) is 17.9 Å². The molecule has 1 heterocycles. The number of nitrogens with zero attached hydrogens (tertiary/aromatic N) is 1. The topological polar surface area (TPSA) is 88.4 Å². The van der Waals surface area contributed by atoms with Gasteiger partial charge in [-0.3, -0.25) is 0 Å². The highest BCUT2D eigenvalue weighted by Gasteiger charge is 2.21. The van der Waals surface area contributed by atoms with E-state index in [1.165, 1.54) is 16.8 Å². The standard InChI is InChI=1S/C13H22N2O4S2/c1-10(2)15-9-11(8-12(15)13(16)17)21(18,19)14-6-4-5-7-20-3/h8-10,14H,4-7H2,1-3H3,(H,16,17). The summed E-state index contributed by atoms with van der Waals surface area (Å²) < 4.78 is 28.3. The van der Waals surface area contributed by atoms with Gasteiger partial charge in [0.2, 0.25) is 10.0 Å². The summed E-state index contributed by atoms with van der Waals surface area (Å²) in [5.74, 6) is -0.139. The molecule has 8 heteroatoms. The van der Waals surface area contributed by atoms with Crippen LogP contribution in [0.25, 0.3) is 0 Å². The fourth-order valence-corrected chi connectivity index (χ4v) is 3.45. The highest BCUT2D eigenvalue weighted by Crippen LogP contribution is 2.19. The van der Waals surface area contributed by atoms with Crippen LogP contribution in [0.2, 0.25) is 0 Å². The van der Waals surface area contributed by atoms with Gasteiger partial charge >= 0.3 is 5.97 Å². The van der Waals surface area contributed by atoms with E-state index in [0.29, 0.717) is 6.54 Å². The zero-order valence-electron chi connectivity index (χ0n) is 12.5. The minimum absolute atomic E-state index is 0.00142. The number of hydrogen-bond donors (Lipinski definition) is 2. The fourth-order valence-electron chi connectivity index (χ4n) is 1.86. The van der Waals surface area contributed by atoms with Gasteiger partial charge in [0.25, 0.3) is 0 Å². The van der Waals surface area contributed by atoms with E-state index in [9.17, 15) is 13.2 Å². The lowest BCUT2D eigenvalue weighted by atomic mass is 10.3. The van der Waals surface area contributed by atoms with Crippen LogP contribution in [0.15, 0.2) is 17.2 Å². The molecule has 0 saturated carbocycles. The average molecular weight is 334 g/mol. The molecule has 0 aliphatic carbocycles. The third-order valence-corrected chi connectivity index (χ3v) is 5.10. The number of nitrogens with one attached hydrogen (secondary N) is 1. The molecule has 1 aromatic heterocycles. The monoisotopic (exact) mass is 334 g/mol. The van der Waals surface area contributed by atoms with E-state index >= 15 is 0 Å². The second-order valence-electron chi connectivity index (χ2n) is 4.96. The Hall–Kier alpha value is -0.990. The van der Waals surface area contributed by atoms with E-state index in [4.69, 9.17) is 5.11 Å². The molecule has 21 heavy (non-hydrogen) atoms. The quantitative estimate of drug-likeness (QED) is 0.676. The van der Waals surface area contributed by atoms with Gasteiger partial charge in [0.05, 0.1) is 0 Å². The zero-order valence-corrected chi connectivity index (χ0v) is 14.1. The Kier molecular flexibility index (Phi) is 6.76. The van der Waals surface area contributed by atoms with Crippen LogP contribution in [0.1, 0.15) is 43.2 Å². The molecule has 0 aromatic carbocycles. The van der Waals surface area contributed by atoms with Crippen molar-refractivity contribution in [3.8, 4) is 0 Å². The van der Waals surface area contributed by atoms with Crippen molar-refractivity contribution in [3.05, 3.63) is 18.0 Å². The van der Waals surface area contributed by atoms with Crippen molar-refractivity contribution in [3.63, 3.8) is 0 Å². The predicted octanol–water partition coefficient (Wildman–Crippen LogP) is 2.19. The maximum atomic E-state index is 12.2. The van der Waals surface area contributed by atoms with Crippen LogP contribution < -0.4 is 4.72 Å². The Morgan fingerprint density at radius 2 is 2.10 bits per heavy atom. The van der Waals surface area contributed by atoms with Gasteiger partial charge in [0.1, 0.15) is 10.6 Å². The third kappa shape index (κ3) is 5.05. The summed E-state index contributed by atoms with van der Waals surface area (Å²) in [6, 6.07) is 1.08. The molecule has 0 spiro atoms. The Bertz CT molecular complexity index is 579. The number of thioether (sulfide) groups is 1. The summed E-state index contributed by atoms with van der Waals surface area (Å²) in [6.45, 7) is 3.97. The molecule has 120 valence electrons. The van der Waals surface area contributed by atoms with Crippen LogP contribution in [0, 0.1) is 0 Å². The Morgan fingerprint density at radius 3 is 2.57 bits per heavy atom. The Labute approximate surface area is 130 Å². The minimum atomic E-state index is -3.66. The summed E-state index contributed by atoms with van der Waals surface area (Å²) in [5, 5.41) is 9.13. The van der Waals surface area contributed by atoms with Crippen LogP contribution >= 0.6 is 11.8 Å². The lowest BCUT2D eigenvalue weighted by molar-refractivity contribution is 0.0683. The number of aromatic nitrogens is 1. The molecule has 0 fully saturated rings. The van der Waals surface area contributed by atoms with Gasteiger partial charge in [-0.15, -0.1) is 0 Å². The van der Waals surface area contributed by atoms with E-state index in [0.717, 1.165) is 18.6 Å². The smallest absolute Gasteiger partial charge is 0.352 e.